The van der Waals surface area contributed by atoms with Crippen molar-refractivity contribution < 1.29 is 46.6 Å². The van der Waals surface area contributed by atoms with E-state index in [1.165, 1.54) is 24.5 Å². The van der Waals surface area contributed by atoms with Crippen LogP contribution >= 0.6 is 34.8 Å². The van der Waals surface area contributed by atoms with E-state index in [2.05, 4.69) is 95.5 Å². The first-order valence-corrected chi connectivity index (χ1v) is 38.4. The summed E-state index contributed by atoms with van der Waals surface area (Å²) in [4.78, 5) is 82.7. The minimum absolute atomic E-state index is 0.00932. The van der Waals surface area contributed by atoms with Crippen molar-refractivity contribution in [3.63, 3.8) is 0 Å². The minimum atomic E-state index is -4.76. The number of hydrogen-bond donors (Lipinski definition) is 5. The van der Waals surface area contributed by atoms with Gasteiger partial charge in [0.15, 0.2) is 17.5 Å². The molecule has 3 heterocycles. The van der Waals surface area contributed by atoms with Crippen molar-refractivity contribution in [2.75, 3.05) is 19.6 Å². The number of aryl methyl sites for hydroxylation is 2. The molecular formula is C82H104Cl3F3N12O7. The molecule has 9 aromatic rings. The number of carbonyl (C=O) groups is 4. The standard InChI is InChI=1S/C29H38N4O3.C24H30N4O.C20H32N2O2.C9H4Cl3F3N2O/c1-6-32(27(34)26-30-24-16-15-20(2)17-25(24)31-26)22-13-10-14-23(18-22)33(28(35)36-29(3,4)5)19-21-11-8-7-9-12-21;1-3-28(24(29)23-26-21-13-12-17(2)14-22(21)27-23)20-11-7-10-19(15-20)25-16-18-8-5-4-6-9-18;1-5-21-17-12-9-13-18(14-17)22(19(23)24-20(2,3)4)15-16-10-7-6-8-11-16;10-8(11,12)7-16-5-2-1-4(3-6(5)17-7)18-9(13,14)15/h7-9,11-12,15-17,22-23H,6,10,13-14,18-19H2,1-5H3,(H,30,31);4-6,8-9,12-14,19-20,25H,3,7,10-11,15-16H2,1-2H3,(H,26,27);6-8,10-11,17-18,21H,5,9,12-15H2,1-4H3;1-3H,(H,16,17)/t22-,23+;19-,20+;17-,18+;/m010./s1. The predicted octanol–water partition coefficient (Wildman–Crippen LogP) is 19.1. The molecule has 0 spiro atoms. The number of rotatable bonds is 18. The van der Waals surface area contributed by atoms with Crippen molar-refractivity contribution in [1.82, 2.24) is 60.1 Å². The highest BCUT2D eigenvalue weighted by atomic mass is 35.6. The van der Waals surface area contributed by atoms with Crippen molar-refractivity contribution >= 4 is 91.9 Å². The molecule has 4 amide bonds. The maximum Gasteiger partial charge on any atom is 0.573 e. The molecule has 3 saturated carbocycles. The number of nitrogens with one attached hydrogen (secondary N) is 5. The topological polar surface area (TPSA) is 219 Å². The molecule has 0 aliphatic heterocycles. The Bertz CT molecular complexity index is 4330. The van der Waals surface area contributed by atoms with Crippen LogP contribution in [0.5, 0.6) is 5.75 Å². The van der Waals surface area contributed by atoms with Gasteiger partial charge in [-0.25, -0.2) is 24.5 Å². The number of aromatic nitrogens is 6. The van der Waals surface area contributed by atoms with Crippen LogP contribution in [0.2, 0.25) is 0 Å². The smallest absolute Gasteiger partial charge is 0.444 e. The van der Waals surface area contributed by atoms with Crippen molar-refractivity contribution in [2.45, 2.75) is 230 Å². The zero-order valence-corrected chi connectivity index (χ0v) is 65.6. The first-order chi connectivity index (χ1) is 50.8. The second kappa shape index (κ2) is 37.6. The van der Waals surface area contributed by atoms with Crippen LogP contribution in [-0.2, 0) is 32.9 Å². The lowest BCUT2D eigenvalue weighted by Gasteiger charge is -2.41. The number of nitrogens with zero attached hydrogens (tertiary/aromatic N) is 7. The number of amides is 4. The van der Waals surface area contributed by atoms with Gasteiger partial charge >= 0.3 is 18.5 Å². The molecule has 3 aromatic heterocycles. The lowest BCUT2D eigenvalue weighted by atomic mass is 9.88. The number of benzene rings is 6. The van der Waals surface area contributed by atoms with Crippen LogP contribution in [0.4, 0.5) is 22.8 Å². The molecule has 107 heavy (non-hydrogen) atoms. The number of aromatic amines is 3. The Kier molecular flexibility index (Phi) is 29.0. The highest BCUT2D eigenvalue weighted by molar-refractivity contribution is 6.66. The third kappa shape index (κ3) is 24.8. The van der Waals surface area contributed by atoms with E-state index < -0.39 is 21.4 Å². The Balaban J connectivity index is 0.000000170. The van der Waals surface area contributed by atoms with E-state index in [4.69, 9.17) is 44.3 Å². The van der Waals surface area contributed by atoms with Crippen LogP contribution in [0, 0.1) is 13.8 Å². The highest BCUT2D eigenvalue weighted by Gasteiger charge is 2.38. The van der Waals surface area contributed by atoms with E-state index in [1.54, 1.807) is 0 Å². The first-order valence-electron chi connectivity index (χ1n) is 37.3. The number of ether oxygens (including phenoxy) is 3. The molecule has 6 atom stereocenters. The molecule has 576 valence electrons. The van der Waals surface area contributed by atoms with E-state index in [0.29, 0.717) is 61.8 Å². The third-order valence-electron chi connectivity index (χ3n) is 19.1. The van der Waals surface area contributed by atoms with Crippen molar-refractivity contribution in [1.29, 1.82) is 0 Å². The van der Waals surface area contributed by atoms with Crippen molar-refractivity contribution in [3.05, 3.63) is 191 Å². The van der Waals surface area contributed by atoms with Crippen LogP contribution < -0.4 is 15.4 Å². The number of carbonyl (C=O) groups excluding carboxylic acids is 4. The maximum atomic E-state index is 13.5. The van der Waals surface area contributed by atoms with Gasteiger partial charge < -0.3 is 59.4 Å². The van der Waals surface area contributed by atoms with Gasteiger partial charge in [-0.15, -0.1) is 13.2 Å². The van der Waals surface area contributed by atoms with Gasteiger partial charge in [-0.05, 0) is 217 Å². The number of imidazole rings is 3. The Labute approximate surface area is 641 Å². The Morgan fingerprint density at radius 1 is 0.486 bits per heavy atom. The van der Waals surface area contributed by atoms with E-state index in [9.17, 15) is 32.3 Å². The molecule has 0 saturated heterocycles. The van der Waals surface area contributed by atoms with Gasteiger partial charge in [-0.2, -0.15) is 0 Å². The lowest BCUT2D eigenvalue weighted by Crippen LogP contribution is -2.50. The molecular weight excluding hydrogens is 1430 g/mol. The van der Waals surface area contributed by atoms with Gasteiger partial charge in [-0.3, -0.25) is 9.59 Å². The summed E-state index contributed by atoms with van der Waals surface area (Å²) in [6, 6.07) is 47.7. The zero-order valence-electron chi connectivity index (χ0n) is 63.3. The number of hydrogen-bond acceptors (Lipinski definition) is 12. The summed E-state index contributed by atoms with van der Waals surface area (Å²) in [7, 11) is 0. The normalized spacial score (nSPS) is 18.3. The van der Waals surface area contributed by atoms with Gasteiger partial charge in [0.1, 0.15) is 17.0 Å². The summed E-state index contributed by atoms with van der Waals surface area (Å²) in [6.45, 7) is 25.9. The van der Waals surface area contributed by atoms with Crippen LogP contribution in [0.25, 0.3) is 33.1 Å². The summed E-state index contributed by atoms with van der Waals surface area (Å²) >= 11 is 16.8. The molecule has 3 aliphatic carbocycles. The molecule has 6 aromatic carbocycles. The summed E-state index contributed by atoms with van der Waals surface area (Å²) in [5, 5.41) is 7.23. The average Bonchev–Trinajstić information content (AvgIpc) is 1.71. The van der Waals surface area contributed by atoms with Crippen LogP contribution in [0.15, 0.2) is 146 Å². The van der Waals surface area contributed by atoms with Crippen molar-refractivity contribution in [3.8, 4) is 5.75 Å². The summed E-state index contributed by atoms with van der Waals surface area (Å²) in [5.41, 5.74) is 8.82. The second-order valence-electron chi connectivity index (χ2n) is 29.8. The molecule has 25 heteroatoms. The Morgan fingerprint density at radius 2 is 0.879 bits per heavy atom. The Morgan fingerprint density at radius 3 is 1.31 bits per heavy atom. The van der Waals surface area contributed by atoms with Gasteiger partial charge in [0.25, 0.3) is 11.8 Å². The van der Waals surface area contributed by atoms with E-state index in [0.717, 1.165) is 127 Å². The summed E-state index contributed by atoms with van der Waals surface area (Å²) in [6.07, 6.45) is 6.92. The number of alkyl halides is 6. The highest BCUT2D eigenvalue weighted by Crippen LogP contribution is 2.38. The SMILES string of the molecule is CCN(C(=O)c1nc2ccc(C)cc2[nH]1)[C@H]1CCC[C@@H](N(Cc2ccccc2)C(=O)OC(C)(C)C)C1.CCN(C(=O)c1nc2ccc(C)cc2[nH]1)[C@H]1CCC[C@@H](NCc2ccccc2)C1.CCN[C@H]1CCC[C@@H](N(Cc2ccccc2)C(=O)OC(C)(C)C)C1.FC(F)(F)Oc1ccc2nc(C(Cl)(Cl)Cl)[nH]c2c1. The molecule has 0 unspecified atom stereocenters. The quantitative estimate of drug-likeness (QED) is 0.0507. The molecule has 3 aliphatic rings. The minimum Gasteiger partial charge on any atom is -0.444 e. The third-order valence-corrected chi connectivity index (χ3v) is 19.6. The molecule has 19 nitrogen and oxygen atoms in total. The van der Waals surface area contributed by atoms with Crippen LogP contribution in [0.3, 0.4) is 0 Å². The molecule has 3 fully saturated rings. The fourth-order valence-corrected chi connectivity index (χ4v) is 14.4. The first kappa shape index (κ1) is 82.6. The number of fused-ring (bicyclic) bond motifs is 3. The predicted molar refractivity (Wildman–Crippen MR) is 419 cm³/mol. The average molecular weight is 1530 g/mol. The number of halogens is 6. The molecule has 5 N–H and O–H groups in total. The number of H-pyrrole nitrogens is 3. The van der Waals surface area contributed by atoms with Gasteiger partial charge in [0, 0.05) is 75.0 Å². The monoisotopic (exact) mass is 1530 g/mol. The lowest BCUT2D eigenvalue weighted by molar-refractivity contribution is -0.274. The van der Waals surface area contributed by atoms with Gasteiger partial charge in [0.2, 0.25) is 3.79 Å². The van der Waals surface area contributed by atoms with E-state index in [-0.39, 0.29) is 65.3 Å². The largest absolute Gasteiger partial charge is 0.573 e. The Hall–Kier alpha value is -8.41. The summed E-state index contributed by atoms with van der Waals surface area (Å²) in [5.74, 6) is 0.375. The molecule has 0 radical (unpaired) electrons. The fourth-order valence-electron chi connectivity index (χ4n) is 14.2. The molecule has 12 rings (SSSR count). The van der Waals surface area contributed by atoms with Gasteiger partial charge in [-0.1, -0.05) is 145 Å². The fraction of sp³-hybridized carbons (Fsp3) is 0.476. The van der Waals surface area contributed by atoms with Crippen molar-refractivity contribution in [2.24, 2.45) is 0 Å². The van der Waals surface area contributed by atoms with Crippen LogP contribution in [-0.4, -0.2) is 147 Å². The van der Waals surface area contributed by atoms with E-state index in [1.807, 2.05) is 173 Å². The maximum absolute atomic E-state index is 13.5. The van der Waals surface area contributed by atoms with Gasteiger partial charge in [0.05, 0.1) is 33.1 Å². The van der Waals surface area contributed by atoms with E-state index >= 15 is 0 Å². The second-order valence-corrected chi connectivity index (χ2v) is 32.1. The summed E-state index contributed by atoms with van der Waals surface area (Å²) < 4.78 is 49.5. The zero-order chi connectivity index (χ0) is 77.2. The molecule has 0 bridgehead atoms. The van der Waals surface area contributed by atoms with Crippen LogP contribution in [0.1, 0.15) is 194 Å².